The number of esters is 3. The minimum atomic E-state index is -0.770. The molecule has 0 amide bonds. The lowest BCUT2D eigenvalue weighted by atomic mass is 10.0. The van der Waals surface area contributed by atoms with E-state index in [-0.39, 0.29) is 31.1 Å². The van der Waals surface area contributed by atoms with E-state index in [4.69, 9.17) is 14.2 Å². The molecule has 0 saturated carbocycles. The molecule has 0 aliphatic heterocycles. The molecular formula is C59H110O6. The van der Waals surface area contributed by atoms with Crippen molar-refractivity contribution in [2.75, 3.05) is 13.2 Å². The zero-order valence-electron chi connectivity index (χ0n) is 43.8. The molecule has 0 heterocycles. The minimum Gasteiger partial charge on any atom is -0.462 e. The summed E-state index contributed by atoms with van der Waals surface area (Å²) in [5, 5.41) is 0. The Morgan fingerprint density at radius 1 is 0.292 bits per heavy atom. The lowest BCUT2D eigenvalue weighted by Crippen LogP contribution is -2.30. The summed E-state index contributed by atoms with van der Waals surface area (Å²) in [5.74, 6) is -0.859. The number of rotatable bonds is 53. The van der Waals surface area contributed by atoms with Crippen LogP contribution in [-0.4, -0.2) is 37.2 Å². The molecule has 382 valence electrons. The van der Waals surface area contributed by atoms with Gasteiger partial charge in [-0.05, 0) is 70.6 Å². The Hall–Kier alpha value is -2.11. The molecule has 0 saturated heterocycles. The Morgan fingerprint density at radius 2 is 0.508 bits per heavy atom. The second kappa shape index (κ2) is 54.5. The highest BCUT2D eigenvalue weighted by Gasteiger charge is 2.19. The lowest BCUT2D eigenvalue weighted by molar-refractivity contribution is -0.167. The minimum absolute atomic E-state index is 0.0706. The monoisotopic (exact) mass is 915 g/mol. The van der Waals surface area contributed by atoms with Crippen LogP contribution in [0.2, 0.25) is 0 Å². The molecular weight excluding hydrogens is 805 g/mol. The first-order valence-corrected chi connectivity index (χ1v) is 28.8. The quantitative estimate of drug-likeness (QED) is 0.0262. The van der Waals surface area contributed by atoms with Gasteiger partial charge in [-0.3, -0.25) is 14.4 Å². The highest BCUT2D eigenvalue weighted by molar-refractivity contribution is 5.71. The van der Waals surface area contributed by atoms with Crippen LogP contribution in [-0.2, 0) is 28.6 Å². The maximum absolute atomic E-state index is 12.9. The van der Waals surface area contributed by atoms with Gasteiger partial charge in [0, 0.05) is 19.3 Å². The van der Waals surface area contributed by atoms with Crippen LogP contribution >= 0.6 is 0 Å². The van der Waals surface area contributed by atoms with Gasteiger partial charge in [-0.15, -0.1) is 0 Å². The van der Waals surface area contributed by atoms with Crippen molar-refractivity contribution in [1.82, 2.24) is 0 Å². The molecule has 6 heteroatoms. The van der Waals surface area contributed by atoms with E-state index < -0.39 is 6.10 Å². The SMILES string of the molecule is CCCCCC/C=C\CCCCCCCCCC(=O)OCC(COC(=O)CCCCCCCCC/C=C\CCCCCC)OC(=O)CCCCCCCCCCCCCCCCCCC. The first-order valence-electron chi connectivity index (χ1n) is 28.8. The predicted molar refractivity (Wildman–Crippen MR) is 279 cm³/mol. The largest absolute Gasteiger partial charge is 0.462 e. The molecule has 0 radical (unpaired) electrons. The molecule has 0 aromatic carbocycles. The Morgan fingerprint density at radius 3 is 0.785 bits per heavy atom. The van der Waals surface area contributed by atoms with Crippen molar-refractivity contribution >= 4 is 17.9 Å². The Bertz CT molecular complexity index is 996. The zero-order valence-corrected chi connectivity index (χ0v) is 43.8. The van der Waals surface area contributed by atoms with Crippen molar-refractivity contribution in [3.05, 3.63) is 24.3 Å². The summed E-state index contributed by atoms with van der Waals surface area (Å²) in [7, 11) is 0. The van der Waals surface area contributed by atoms with Crippen molar-refractivity contribution in [2.24, 2.45) is 0 Å². The van der Waals surface area contributed by atoms with E-state index in [1.54, 1.807) is 0 Å². The van der Waals surface area contributed by atoms with Crippen molar-refractivity contribution < 1.29 is 28.6 Å². The predicted octanol–water partition coefficient (Wildman–Crippen LogP) is 19.1. The molecule has 0 spiro atoms. The number of carbonyl (C=O) groups excluding carboxylic acids is 3. The van der Waals surface area contributed by atoms with E-state index in [9.17, 15) is 14.4 Å². The van der Waals surface area contributed by atoms with Gasteiger partial charge in [-0.1, -0.05) is 251 Å². The molecule has 0 rings (SSSR count). The highest BCUT2D eigenvalue weighted by atomic mass is 16.6. The van der Waals surface area contributed by atoms with Crippen molar-refractivity contribution in [1.29, 1.82) is 0 Å². The first-order chi connectivity index (χ1) is 32.0. The lowest BCUT2D eigenvalue weighted by Gasteiger charge is -2.18. The van der Waals surface area contributed by atoms with Crippen molar-refractivity contribution in [3.8, 4) is 0 Å². The van der Waals surface area contributed by atoms with E-state index in [0.717, 1.165) is 57.8 Å². The molecule has 6 nitrogen and oxygen atoms in total. The first kappa shape index (κ1) is 62.9. The van der Waals surface area contributed by atoms with Crippen molar-refractivity contribution in [2.45, 2.75) is 322 Å². The molecule has 0 aliphatic rings. The maximum atomic E-state index is 12.9. The van der Waals surface area contributed by atoms with Crippen LogP contribution in [0.1, 0.15) is 316 Å². The van der Waals surface area contributed by atoms with Gasteiger partial charge < -0.3 is 14.2 Å². The molecule has 0 atom stereocenters. The third-order valence-corrected chi connectivity index (χ3v) is 12.9. The maximum Gasteiger partial charge on any atom is 0.306 e. The fourth-order valence-electron chi connectivity index (χ4n) is 8.55. The average molecular weight is 916 g/mol. The highest BCUT2D eigenvalue weighted by Crippen LogP contribution is 2.17. The number of carbonyl (C=O) groups is 3. The zero-order chi connectivity index (χ0) is 47.2. The summed E-state index contributed by atoms with van der Waals surface area (Å²) < 4.78 is 16.9. The van der Waals surface area contributed by atoms with Crippen LogP contribution < -0.4 is 0 Å². The molecule has 65 heavy (non-hydrogen) atoms. The summed E-state index contributed by atoms with van der Waals surface area (Å²) in [6, 6.07) is 0. The van der Waals surface area contributed by atoms with Gasteiger partial charge in [-0.25, -0.2) is 0 Å². The summed E-state index contributed by atoms with van der Waals surface area (Å²) in [4.78, 5) is 38.1. The summed E-state index contributed by atoms with van der Waals surface area (Å²) in [6.45, 7) is 6.66. The van der Waals surface area contributed by atoms with Crippen LogP contribution in [0.25, 0.3) is 0 Å². The van der Waals surface area contributed by atoms with Gasteiger partial charge in [0.15, 0.2) is 6.10 Å². The molecule has 0 bridgehead atoms. The van der Waals surface area contributed by atoms with Crippen molar-refractivity contribution in [3.63, 3.8) is 0 Å². The van der Waals surface area contributed by atoms with Crippen LogP contribution in [0.3, 0.4) is 0 Å². The van der Waals surface area contributed by atoms with Gasteiger partial charge >= 0.3 is 17.9 Å². The van der Waals surface area contributed by atoms with Crippen LogP contribution in [0.4, 0.5) is 0 Å². The fourth-order valence-corrected chi connectivity index (χ4v) is 8.55. The number of hydrogen-bond acceptors (Lipinski definition) is 6. The fraction of sp³-hybridized carbons (Fsp3) is 0.881. The number of hydrogen-bond donors (Lipinski definition) is 0. The van der Waals surface area contributed by atoms with Crippen LogP contribution in [0.5, 0.6) is 0 Å². The van der Waals surface area contributed by atoms with Crippen LogP contribution in [0, 0.1) is 0 Å². The second-order valence-electron chi connectivity index (χ2n) is 19.6. The molecule has 0 unspecified atom stereocenters. The third-order valence-electron chi connectivity index (χ3n) is 12.9. The van der Waals surface area contributed by atoms with E-state index in [1.165, 1.54) is 218 Å². The smallest absolute Gasteiger partial charge is 0.306 e. The summed E-state index contributed by atoms with van der Waals surface area (Å²) >= 11 is 0. The number of allylic oxidation sites excluding steroid dienone is 4. The Balaban J connectivity index is 4.34. The number of unbranched alkanes of at least 4 members (excludes halogenated alkanes) is 38. The van der Waals surface area contributed by atoms with E-state index in [2.05, 4.69) is 45.1 Å². The van der Waals surface area contributed by atoms with Crippen LogP contribution in [0.15, 0.2) is 24.3 Å². The molecule has 0 aliphatic carbocycles. The standard InChI is InChI=1S/C59H110O6/c1-4-7-10-13-16-19-22-25-28-29-32-35-38-41-44-47-50-53-59(62)65-56(54-63-57(60)51-48-45-42-39-36-33-30-26-23-20-17-14-11-8-5-2)55-64-58(61)52-49-46-43-40-37-34-31-27-24-21-18-15-12-9-6-3/h20-21,23-24,56H,4-19,22,25-55H2,1-3H3/b23-20-,24-21-. The Kier molecular flexibility index (Phi) is 52.7. The molecule has 0 N–H and O–H groups in total. The summed E-state index contributed by atoms with van der Waals surface area (Å²) in [6.07, 6.45) is 63.0. The van der Waals surface area contributed by atoms with Gasteiger partial charge in [0.05, 0.1) is 0 Å². The average Bonchev–Trinajstić information content (AvgIpc) is 3.30. The Labute approximate surface area is 404 Å². The number of ether oxygens (including phenoxy) is 3. The van der Waals surface area contributed by atoms with Gasteiger partial charge in [0.1, 0.15) is 13.2 Å². The molecule has 0 aromatic heterocycles. The van der Waals surface area contributed by atoms with Gasteiger partial charge in [-0.2, -0.15) is 0 Å². The second-order valence-corrected chi connectivity index (χ2v) is 19.6. The topological polar surface area (TPSA) is 78.9 Å². The van der Waals surface area contributed by atoms with E-state index >= 15 is 0 Å². The summed E-state index contributed by atoms with van der Waals surface area (Å²) in [5.41, 5.74) is 0. The molecule has 0 aromatic rings. The molecule has 0 fully saturated rings. The van der Waals surface area contributed by atoms with Gasteiger partial charge in [0.2, 0.25) is 0 Å². The van der Waals surface area contributed by atoms with E-state index in [0.29, 0.717) is 19.3 Å². The van der Waals surface area contributed by atoms with Gasteiger partial charge in [0.25, 0.3) is 0 Å². The third kappa shape index (κ3) is 52.7. The normalized spacial score (nSPS) is 11.7. The van der Waals surface area contributed by atoms with E-state index in [1.807, 2.05) is 0 Å².